The minimum absolute atomic E-state index is 0.0105. The number of aromatic nitrogens is 1. The Morgan fingerprint density at radius 3 is 2.58 bits per heavy atom. The highest BCUT2D eigenvalue weighted by atomic mass is 35.5. The maximum atomic E-state index is 15.5. The third-order valence-corrected chi connectivity index (χ3v) is 9.41. The van der Waals surface area contributed by atoms with E-state index in [9.17, 15) is 8.42 Å². The molecule has 1 N–H and O–H groups in total. The van der Waals surface area contributed by atoms with Crippen molar-refractivity contribution in [3.8, 4) is 11.5 Å². The quantitative estimate of drug-likeness (QED) is 0.321. The van der Waals surface area contributed by atoms with Gasteiger partial charge < -0.3 is 19.7 Å². The molecule has 1 aliphatic rings. The van der Waals surface area contributed by atoms with Crippen molar-refractivity contribution in [2.24, 2.45) is 0 Å². The number of rotatable bonds is 10. The summed E-state index contributed by atoms with van der Waals surface area (Å²) >= 11 is 7.66. The Labute approximate surface area is 231 Å². The number of nitrogens with one attached hydrogen (secondary N) is 1. The van der Waals surface area contributed by atoms with Crippen LogP contribution >= 0.6 is 22.9 Å². The molecule has 0 saturated carbocycles. The van der Waals surface area contributed by atoms with E-state index in [0.29, 0.717) is 22.7 Å². The molecule has 4 rings (SSSR count). The zero-order chi connectivity index (χ0) is 27.4. The molecule has 204 valence electrons. The number of halogens is 2. The molecule has 12 heteroatoms. The Hall–Kier alpha value is -2.86. The van der Waals surface area contributed by atoms with E-state index in [-0.39, 0.29) is 28.8 Å². The summed E-state index contributed by atoms with van der Waals surface area (Å²) < 4.78 is 55.0. The number of hydrogen-bond donors (Lipinski definition) is 1. The second kappa shape index (κ2) is 11.9. The van der Waals surface area contributed by atoms with Gasteiger partial charge in [-0.25, -0.2) is 22.1 Å². The van der Waals surface area contributed by atoms with E-state index in [1.165, 1.54) is 20.4 Å². The molecule has 3 aromatic rings. The fourth-order valence-corrected chi connectivity index (χ4v) is 7.04. The Morgan fingerprint density at radius 1 is 1.16 bits per heavy atom. The van der Waals surface area contributed by atoms with E-state index in [1.54, 1.807) is 23.6 Å². The predicted molar refractivity (Wildman–Crippen MR) is 150 cm³/mol. The normalized spacial score (nSPS) is 17.4. The summed E-state index contributed by atoms with van der Waals surface area (Å²) in [5, 5.41) is 5.26. The molecule has 0 saturated heterocycles. The van der Waals surface area contributed by atoms with E-state index in [0.717, 1.165) is 40.6 Å². The molecule has 0 aliphatic heterocycles. The number of anilines is 2. The number of sulfonamides is 1. The lowest BCUT2D eigenvalue weighted by atomic mass is 9.95. The summed E-state index contributed by atoms with van der Waals surface area (Å²) in [7, 11) is 2.58. The van der Waals surface area contributed by atoms with E-state index >= 15 is 4.39 Å². The van der Waals surface area contributed by atoms with Crippen molar-refractivity contribution >= 4 is 43.8 Å². The topological polar surface area (TPSA) is 84.0 Å². The minimum Gasteiger partial charge on any atom is -0.497 e. The van der Waals surface area contributed by atoms with Crippen LogP contribution in [0.2, 0.25) is 5.02 Å². The fraction of sp³-hybridized carbons (Fsp3) is 0.346. The van der Waals surface area contributed by atoms with Gasteiger partial charge in [0.1, 0.15) is 22.2 Å². The van der Waals surface area contributed by atoms with Crippen molar-refractivity contribution in [3.05, 3.63) is 70.5 Å². The van der Waals surface area contributed by atoms with Crippen LogP contribution in [0, 0.1) is 5.82 Å². The molecule has 2 atom stereocenters. The fourth-order valence-electron chi connectivity index (χ4n) is 4.41. The van der Waals surface area contributed by atoms with Crippen LogP contribution in [0.1, 0.15) is 18.4 Å². The van der Waals surface area contributed by atoms with Gasteiger partial charge >= 0.3 is 0 Å². The summed E-state index contributed by atoms with van der Waals surface area (Å²) in [5.41, 5.74) is 0.893. The lowest BCUT2D eigenvalue weighted by molar-refractivity contribution is 0.258. The molecule has 0 amide bonds. The van der Waals surface area contributed by atoms with Gasteiger partial charge in [0, 0.05) is 35.3 Å². The second-order valence-corrected chi connectivity index (χ2v) is 12.1. The summed E-state index contributed by atoms with van der Waals surface area (Å²) in [5.74, 6) is 0.0733. The molecule has 2 aromatic carbocycles. The van der Waals surface area contributed by atoms with Crippen LogP contribution in [0.3, 0.4) is 0 Å². The largest absolute Gasteiger partial charge is 0.497 e. The predicted octanol–water partition coefficient (Wildman–Crippen LogP) is 5.41. The molecule has 1 aliphatic carbocycles. The highest BCUT2D eigenvalue weighted by molar-refractivity contribution is 7.93. The smallest absolute Gasteiger partial charge is 0.269 e. The van der Waals surface area contributed by atoms with Crippen LogP contribution in [0.4, 0.5) is 15.2 Å². The van der Waals surface area contributed by atoms with Crippen molar-refractivity contribution in [2.75, 3.05) is 37.9 Å². The molecule has 0 fully saturated rings. The average molecular weight is 581 g/mol. The SMILES string of the molecule is COc1ccc(CN(c2nccs2)S(=O)(=O)c2cc(Cl)c(N[C@H]3CC=CC[C@@H]3N(C)C)cc2F)c(OC)c1. The molecular formula is C26H30ClFN4O4S2. The van der Waals surface area contributed by atoms with E-state index in [4.69, 9.17) is 21.1 Å². The number of thiazole rings is 1. The monoisotopic (exact) mass is 580 g/mol. The van der Waals surface area contributed by atoms with Gasteiger partial charge in [-0.15, -0.1) is 11.3 Å². The Balaban J connectivity index is 1.69. The first kappa shape index (κ1) is 28.2. The van der Waals surface area contributed by atoms with E-state index in [2.05, 4.69) is 27.4 Å². The van der Waals surface area contributed by atoms with Crippen LogP contribution in [0.5, 0.6) is 11.5 Å². The average Bonchev–Trinajstić information content (AvgIpc) is 3.43. The Kier molecular flexibility index (Phi) is 8.81. The van der Waals surface area contributed by atoms with Gasteiger partial charge in [0.15, 0.2) is 5.13 Å². The van der Waals surface area contributed by atoms with Gasteiger partial charge in [0.25, 0.3) is 10.0 Å². The molecule has 1 aromatic heterocycles. The molecule has 0 bridgehead atoms. The van der Waals surface area contributed by atoms with Crippen LogP contribution in [-0.4, -0.2) is 58.7 Å². The van der Waals surface area contributed by atoms with Gasteiger partial charge in [0.05, 0.1) is 31.5 Å². The highest BCUT2D eigenvalue weighted by Crippen LogP contribution is 2.36. The van der Waals surface area contributed by atoms with Crippen LogP contribution in [0.25, 0.3) is 0 Å². The van der Waals surface area contributed by atoms with Gasteiger partial charge in [-0.1, -0.05) is 23.8 Å². The molecular weight excluding hydrogens is 551 g/mol. The lowest BCUT2D eigenvalue weighted by Gasteiger charge is -2.35. The van der Waals surface area contributed by atoms with Crippen LogP contribution < -0.4 is 19.1 Å². The van der Waals surface area contributed by atoms with E-state index in [1.807, 2.05) is 14.1 Å². The van der Waals surface area contributed by atoms with Crippen molar-refractivity contribution in [1.82, 2.24) is 9.88 Å². The molecule has 0 unspecified atom stereocenters. The summed E-state index contributed by atoms with van der Waals surface area (Å²) in [4.78, 5) is 5.75. The zero-order valence-corrected chi connectivity index (χ0v) is 23.9. The van der Waals surface area contributed by atoms with Crippen molar-refractivity contribution < 1.29 is 22.3 Å². The zero-order valence-electron chi connectivity index (χ0n) is 21.5. The highest BCUT2D eigenvalue weighted by Gasteiger charge is 2.32. The van der Waals surface area contributed by atoms with Crippen LogP contribution in [-0.2, 0) is 16.6 Å². The van der Waals surface area contributed by atoms with Crippen molar-refractivity contribution in [3.63, 3.8) is 0 Å². The number of nitrogens with zero attached hydrogens (tertiary/aromatic N) is 3. The first-order valence-electron chi connectivity index (χ1n) is 11.9. The third kappa shape index (κ3) is 5.90. The minimum atomic E-state index is -4.40. The first-order chi connectivity index (χ1) is 18.1. The number of likely N-dealkylation sites (N-methyl/N-ethyl adjacent to an activating group) is 1. The van der Waals surface area contributed by atoms with Gasteiger partial charge in [-0.2, -0.15) is 0 Å². The van der Waals surface area contributed by atoms with Crippen LogP contribution in [0.15, 0.2) is 59.0 Å². The second-order valence-electron chi connectivity index (χ2n) is 8.99. The number of ether oxygens (including phenoxy) is 2. The molecule has 1 heterocycles. The Bertz CT molecular complexity index is 1400. The maximum absolute atomic E-state index is 15.5. The summed E-state index contributed by atoms with van der Waals surface area (Å²) in [6.45, 7) is -0.140. The number of hydrogen-bond acceptors (Lipinski definition) is 8. The molecule has 38 heavy (non-hydrogen) atoms. The maximum Gasteiger partial charge on any atom is 0.269 e. The van der Waals surface area contributed by atoms with Gasteiger partial charge in [0.2, 0.25) is 0 Å². The molecule has 8 nitrogen and oxygen atoms in total. The van der Waals surface area contributed by atoms with Crippen molar-refractivity contribution in [2.45, 2.75) is 36.4 Å². The van der Waals surface area contributed by atoms with E-state index < -0.39 is 20.7 Å². The third-order valence-electron chi connectivity index (χ3n) is 6.43. The first-order valence-corrected chi connectivity index (χ1v) is 14.6. The Morgan fingerprint density at radius 2 is 1.92 bits per heavy atom. The molecule has 0 radical (unpaired) electrons. The van der Waals surface area contributed by atoms with Crippen molar-refractivity contribution in [1.29, 1.82) is 0 Å². The van der Waals surface area contributed by atoms with Gasteiger partial charge in [-0.3, -0.25) is 0 Å². The molecule has 0 spiro atoms. The summed E-state index contributed by atoms with van der Waals surface area (Å²) in [6.07, 6.45) is 7.26. The standard InChI is InChI=1S/C26H30ClFN4O4S2/c1-31(2)23-8-6-5-7-21(23)30-22-15-20(28)25(14-19(22)27)38(33,34)32(26-29-11-12-37-26)16-17-9-10-18(35-3)13-24(17)36-4/h5-6,9-15,21,23,30H,7-8,16H2,1-4H3/t21-,23-/m0/s1. The lowest BCUT2D eigenvalue weighted by Crippen LogP contribution is -2.44. The summed E-state index contributed by atoms with van der Waals surface area (Å²) in [6, 6.07) is 7.53. The number of methoxy groups -OCH3 is 2. The van der Waals surface area contributed by atoms with Gasteiger partial charge in [-0.05, 0) is 51.2 Å². The number of benzene rings is 2.